The van der Waals surface area contributed by atoms with Crippen LogP contribution in [0.2, 0.25) is 0 Å². The predicted octanol–water partition coefficient (Wildman–Crippen LogP) is 0.762. The van der Waals surface area contributed by atoms with Crippen molar-refractivity contribution >= 4 is 21.5 Å². The molecule has 0 aromatic carbocycles. The SMILES string of the molecule is COC(C)[Si]C1=CCC(C(=O)O)C(C(=O)O)C1. The molecule has 5 nitrogen and oxygen atoms in total. The standard InChI is InChI=1S/C11H16O5Si/c1-6(16-2)17-7-3-4-8(10(12)13)9(5-7)11(14)15/h3,6,8-9H,4-5H2,1-2H3,(H,12,13)(H,14,15). The molecule has 0 saturated heterocycles. The highest BCUT2D eigenvalue weighted by molar-refractivity contribution is 6.46. The Kier molecular flexibility index (Phi) is 4.89. The summed E-state index contributed by atoms with van der Waals surface area (Å²) < 4.78 is 5.13. The van der Waals surface area contributed by atoms with Crippen molar-refractivity contribution in [3.8, 4) is 0 Å². The maximum Gasteiger partial charge on any atom is 0.307 e. The van der Waals surface area contributed by atoms with Crippen LogP contribution in [0.4, 0.5) is 0 Å². The first kappa shape index (κ1) is 13.9. The summed E-state index contributed by atoms with van der Waals surface area (Å²) in [4.78, 5) is 22.0. The minimum Gasteiger partial charge on any atom is -0.481 e. The molecule has 3 unspecified atom stereocenters. The number of allylic oxidation sites excluding steroid dienone is 2. The van der Waals surface area contributed by atoms with Crippen LogP contribution in [0.15, 0.2) is 11.3 Å². The van der Waals surface area contributed by atoms with E-state index in [0.717, 1.165) is 5.20 Å². The fourth-order valence-electron chi connectivity index (χ4n) is 1.87. The molecule has 0 aromatic heterocycles. The molecule has 0 aliphatic heterocycles. The van der Waals surface area contributed by atoms with Gasteiger partial charge in [-0.05, 0) is 19.8 Å². The summed E-state index contributed by atoms with van der Waals surface area (Å²) in [5, 5.41) is 19.0. The van der Waals surface area contributed by atoms with Gasteiger partial charge in [0.05, 0.1) is 11.8 Å². The van der Waals surface area contributed by atoms with Gasteiger partial charge in [-0.25, -0.2) is 0 Å². The monoisotopic (exact) mass is 256 g/mol. The summed E-state index contributed by atoms with van der Waals surface area (Å²) in [7, 11) is 2.01. The van der Waals surface area contributed by atoms with E-state index in [-0.39, 0.29) is 5.73 Å². The number of aliphatic carboxylic acids is 2. The van der Waals surface area contributed by atoms with Gasteiger partial charge in [0, 0.05) is 12.8 Å². The zero-order valence-corrected chi connectivity index (χ0v) is 10.8. The summed E-state index contributed by atoms with van der Waals surface area (Å²) in [5.41, 5.74) is 0.0528. The van der Waals surface area contributed by atoms with Gasteiger partial charge in [-0.3, -0.25) is 9.59 Å². The van der Waals surface area contributed by atoms with Crippen molar-refractivity contribution in [1.82, 2.24) is 0 Å². The van der Waals surface area contributed by atoms with Gasteiger partial charge in [-0.15, -0.1) is 0 Å². The highest BCUT2D eigenvalue weighted by Gasteiger charge is 2.36. The second-order valence-corrected chi connectivity index (χ2v) is 5.82. The summed E-state index contributed by atoms with van der Waals surface area (Å²) in [6.45, 7) is 1.92. The van der Waals surface area contributed by atoms with Crippen LogP contribution in [0.3, 0.4) is 0 Å². The Morgan fingerprint density at radius 2 is 2.00 bits per heavy atom. The number of hydrogen-bond donors (Lipinski definition) is 2. The zero-order chi connectivity index (χ0) is 13.0. The fourth-order valence-corrected chi connectivity index (χ4v) is 3.08. The molecule has 0 saturated carbocycles. The molecule has 2 N–H and O–H groups in total. The number of ether oxygens (including phenoxy) is 1. The molecule has 0 heterocycles. The number of rotatable bonds is 5. The van der Waals surface area contributed by atoms with Gasteiger partial charge in [0.1, 0.15) is 9.52 Å². The third-order valence-electron chi connectivity index (χ3n) is 2.92. The average Bonchev–Trinajstić information content (AvgIpc) is 2.28. The van der Waals surface area contributed by atoms with Crippen molar-refractivity contribution in [2.75, 3.05) is 7.11 Å². The highest BCUT2D eigenvalue weighted by atomic mass is 28.2. The fraction of sp³-hybridized carbons (Fsp3) is 0.636. The summed E-state index contributed by atoms with van der Waals surface area (Å²) in [6, 6.07) is 0. The van der Waals surface area contributed by atoms with E-state index in [9.17, 15) is 9.59 Å². The van der Waals surface area contributed by atoms with Crippen LogP contribution < -0.4 is 0 Å². The van der Waals surface area contributed by atoms with E-state index in [4.69, 9.17) is 14.9 Å². The molecule has 2 radical (unpaired) electrons. The van der Waals surface area contributed by atoms with Crippen LogP contribution in [-0.2, 0) is 14.3 Å². The Morgan fingerprint density at radius 1 is 1.41 bits per heavy atom. The summed E-state index contributed by atoms with van der Waals surface area (Å²) in [6.07, 6.45) is 2.47. The number of methoxy groups -OCH3 is 1. The molecule has 3 atom stereocenters. The molecule has 0 spiro atoms. The second-order valence-electron chi connectivity index (χ2n) is 4.08. The van der Waals surface area contributed by atoms with E-state index in [2.05, 4.69) is 0 Å². The Bertz CT molecular complexity index is 339. The van der Waals surface area contributed by atoms with E-state index in [1.54, 1.807) is 7.11 Å². The van der Waals surface area contributed by atoms with Crippen LogP contribution >= 0.6 is 0 Å². The van der Waals surface area contributed by atoms with Crippen LogP contribution in [0.25, 0.3) is 0 Å². The van der Waals surface area contributed by atoms with Crippen molar-refractivity contribution < 1.29 is 24.5 Å². The Balaban J connectivity index is 2.74. The molecule has 1 aliphatic carbocycles. The molecule has 17 heavy (non-hydrogen) atoms. The van der Waals surface area contributed by atoms with Gasteiger partial charge >= 0.3 is 11.9 Å². The third kappa shape index (κ3) is 3.67. The van der Waals surface area contributed by atoms with Crippen LogP contribution in [0.5, 0.6) is 0 Å². The molecule has 1 aliphatic rings. The summed E-state index contributed by atoms with van der Waals surface area (Å²) >= 11 is 0. The van der Waals surface area contributed by atoms with E-state index < -0.39 is 23.8 Å². The highest BCUT2D eigenvalue weighted by Crippen LogP contribution is 2.30. The smallest absolute Gasteiger partial charge is 0.307 e. The lowest BCUT2D eigenvalue weighted by Crippen LogP contribution is -2.34. The third-order valence-corrected chi connectivity index (χ3v) is 4.34. The number of carboxylic acid groups (broad SMARTS) is 2. The lowest BCUT2D eigenvalue weighted by Gasteiger charge is -2.26. The van der Waals surface area contributed by atoms with E-state index >= 15 is 0 Å². The molecule has 6 heteroatoms. The molecule has 94 valence electrons. The minimum absolute atomic E-state index is 0.0528. The van der Waals surface area contributed by atoms with Crippen molar-refractivity contribution in [3.63, 3.8) is 0 Å². The number of carboxylic acids is 2. The molecule has 0 bridgehead atoms. The van der Waals surface area contributed by atoms with Crippen LogP contribution in [0, 0.1) is 11.8 Å². The van der Waals surface area contributed by atoms with Gasteiger partial charge in [0.25, 0.3) is 0 Å². The van der Waals surface area contributed by atoms with Gasteiger partial charge in [0.2, 0.25) is 0 Å². The van der Waals surface area contributed by atoms with E-state index in [0.29, 0.717) is 22.4 Å². The van der Waals surface area contributed by atoms with Crippen molar-refractivity contribution in [2.45, 2.75) is 25.5 Å². The Morgan fingerprint density at radius 3 is 2.47 bits per heavy atom. The van der Waals surface area contributed by atoms with E-state index in [1.165, 1.54) is 0 Å². The van der Waals surface area contributed by atoms with Crippen LogP contribution in [-0.4, -0.2) is 44.5 Å². The quantitative estimate of drug-likeness (QED) is 0.710. The largest absolute Gasteiger partial charge is 0.481 e. The van der Waals surface area contributed by atoms with Crippen molar-refractivity contribution in [3.05, 3.63) is 11.3 Å². The van der Waals surface area contributed by atoms with Gasteiger partial charge < -0.3 is 14.9 Å². The molecule has 0 amide bonds. The topological polar surface area (TPSA) is 83.8 Å². The molecular weight excluding hydrogens is 240 g/mol. The van der Waals surface area contributed by atoms with Crippen molar-refractivity contribution in [1.29, 1.82) is 0 Å². The lowest BCUT2D eigenvalue weighted by atomic mass is 9.83. The Labute approximate surface area is 102 Å². The zero-order valence-electron chi connectivity index (χ0n) is 9.84. The van der Waals surface area contributed by atoms with Gasteiger partial charge in [0.15, 0.2) is 0 Å². The summed E-state index contributed by atoms with van der Waals surface area (Å²) in [5.74, 6) is -3.68. The maximum absolute atomic E-state index is 11.1. The molecule has 0 fully saturated rings. The molecular formula is C11H16O5Si. The first-order valence-electron chi connectivity index (χ1n) is 5.39. The lowest BCUT2D eigenvalue weighted by molar-refractivity contribution is -0.153. The second kappa shape index (κ2) is 5.97. The Hall–Kier alpha value is -1.14. The molecule has 1 rings (SSSR count). The number of carbonyl (C=O) groups is 2. The minimum atomic E-state index is -1.03. The average molecular weight is 256 g/mol. The van der Waals surface area contributed by atoms with Gasteiger partial charge in [-0.2, -0.15) is 0 Å². The van der Waals surface area contributed by atoms with E-state index in [1.807, 2.05) is 13.0 Å². The van der Waals surface area contributed by atoms with Crippen molar-refractivity contribution in [2.24, 2.45) is 11.8 Å². The van der Waals surface area contributed by atoms with Crippen LogP contribution in [0.1, 0.15) is 19.8 Å². The molecule has 0 aromatic rings. The first-order chi connectivity index (χ1) is 7.95. The van der Waals surface area contributed by atoms with Gasteiger partial charge in [-0.1, -0.05) is 11.3 Å². The maximum atomic E-state index is 11.1. The predicted molar refractivity (Wildman–Crippen MR) is 61.8 cm³/mol. The normalized spacial score (nSPS) is 26.1. The first-order valence-corrected chi connectivity index (χ1v) is 6.47. The number of hydrogen-bond acceptors (Lipinski definition) is 3.